The van der Waals surface area contributed by atoms with Gasteiger partial charge in [0.25, 0.3) is 0 Å². The Balaban J connectivity index is 1.57. The van der Waals surface area contributed by atoms with Gasteiger partial charge in [-0.1, -0.05) is 54.1 Å². The Morgan fingerprint density at radius 3 is 2.19 bits per heavy atom. The van der Waals surface area contributed by atoms with Gasteiger partial charge in [0.1, 0.15) is 0 Å². The molecule has 2 N–H and O–H groups in total. The van der Waals surface area contributed by atoms with E-state index in [2.05, 4.69) is 10.9 Å². The minimum atomic E-state index is -0.459. The second-order valence-corrected chi connectivity index (χ2v) is 6.29. The molecular formula is C20H21ClN2O4. The number of ether oxygens (including phenoxy) is 1. The number of rotatable bonds is 8. The summed E-state index contributed by atoms with van der Waals surface area (Å²) in [4.78, 5) is 35.1. The first-order valence-corrected chi connectivity index (χ1v) is 8.92. The molecule has 0 fully saturated rings. The number of nitrogens with one attached hydrogen (secondary N) is 2. The first-order chi connectivity index (χ1) is 13.0. The lowest BCUT2D eigenvalue weighted by Gasteiger charge is -2.08. The molecule has 2 aromatic rings. The van der Waals surface area contributed by atoms with Gasteiger partial charge in [-0.25, -0.2) is 0 Å². The minimum Gasteiger partial charge on any atom is -0.465 e. The Labute approximate surface area is 162 Å². The largest absolute Gasteiger partial charge is 0.465 e. The molecular weight excluding hydrogens is 368 g/mol. The molecule has 0 bridgehead atoms. The Morgan fingerprint density at radius 2 is 1.48 bits per heavy atom. The number of halogens is 1. The van der Waals surface area contributed by atoms with E-state index < -0.39 is 11.9 Å². The molecule has 0 spiro atoms. The van der Waals surface area contributed by atoms with Crippen LogP contribution in [0.3, 0.4) is 0 Å². The average molecular weight is 389 g/mol. The van der Waals surface area contributed by atoms with E-state index in [1.54, 1.807) is 24.3 Å². The summed E-state index contributed by atoms with van der Waals surface area (Å²) in [5.74, 6) is -1.27. The third-order valence-corrected chi connectivity index (χ3v) is 3.92. The molecule has 142 valence electrons. The minimum absolute atomic E-state index is 0.0479. The van der Waals surface area contributed by atoms with Crippen LogP contribution in [0.1, 0.15) is 24.0 Å². The summed E-state index contributed by atoms with van der Waals surface area (Å²) in [6, 6.07) is 16.5. The summed E-state index contributed by atoms with van der Waals surface area (Å²) < 4.78 is 5.09. The molecule has 2 aromatic carbocycles. The molecule has 0 radical (unpaired) electrons. The highest BCUT2D eigenvalue weighted by atomic mass is 35.5. The number of carbonyl (C=O) groups excluding carboxylic acids is 3. The predicted octanol–water partition coefficient (Wildman–Crippen LogP) is 2.60. The van der Waals surface area contributed by atoms with Crippen molar-refractivity contribution in [2.75, 3.05) is 6.61 Å². The number of benzene rings is 2. The number of esters is 1. The van der Waals surface area contributed by atoms with E-state index in [1.165, 1.54) is 0 Å². The van der Waals surface area contributed by atoms with Crippen LogP contribution in [0, 0.1) is 0 Å². The van der Waals surface area contributed by atoms with E-state index in [9.17, 15) is 14.4 Å². The molecule has 0 aliphatic heterocycles. The topological polar surface area (TPSA) is 84.5 Å². The zero-order chi connectivity index (χ0) is 19.5. The summed E-state index contributed by atoms with van der Waals surface area (Å²) >= 11 is 5.78. The summed E-state index contributed by atoms with van der Waals surface area (Å²) in [7, 11) is 0. The van der Waals surface area contributed by atoms with Crippen molar-refractivity contribution in [1.29, 1.82) is 0 Å². The van der Waals surface area contributed by atoms with Crippen LogP contribution in [-0.2, 0) is 32.0 Å². The average Bonchev–Trinajstić information content (AvgIpc) is 2.67. The highest BCUT2D eigenvalue weighted by Gasteiger charge is 2.09. The lowest BCUT2D eigenvalue weighted by Crippen LogP contribution is -2.42. The lowest BCUT2D eigenvalue weighted by atomic mass is 10.1. The number of carbonyl (C=O) groups is 3. The maximum Gasteiger partial charge on any atom is 0.306 e. The van der Waals surface area contributed by atoms with Gasteiger partial charge in [0.15, 0.2) is 0 Å². The molecule has 0 saturated carbocycles. The van der Waals surface area contributed by atoms with E-state index in [0.29, 0.717) is 11.4 Å². The summed E-state index contributed by atoms with van der Waals surface area (Å²) in [6.07, 6.45) is 0.623. The molecule has 0 aliphatic rings. The number of amides is 2. The summed E-state index contributed by atoms with van der Waals surface area (Å²) in [5, 5.41) is 0.586. The Kier molecular flexibility index (Phi) is 8.32. The van der Waals surface area contributed by atoms with Crippen LogP contribution in [-0.4, -0.2) is 24.4 Å². The highest BCUT2D eigenvalue weighted by Crippen LogP contribution is 2.09. The van der Waals surface area contributed by atoms with E-state index in [-0.39, 0.29) is 31.8 Å². The van der Waals surface area contributed by atoms with Gasteiger partial charge in [0, 0.05) is 17.9 Å². The predicted molar refractivity (Wildman–Crippen MR) is 102 cm³/mol. The zero-order valence-electron chi connectivity index (χ0n) is 14.7. The van der Waals surface area contributed by atoms with Crippen molar-refractivity contribution in [2.24, 2.45) is 0 Å². The number of hydrogen-bond acceptors (Lipinski definition) is 4. The maximum absolute atomic E-state index is 11.8. The van der Waals surface area contributed by atoms with Crippen molar-refractivity contribution < 1.29 is 19.1 Å². The first-order valence-electron chi connectivity index (χ1n) is 8.54. The highest BCUT2D eigenvalue weighted by molar-refractivity contribution is 6.30. The van der Waals surface area contributed by atoms with Gasteiger partial charge >= 0.3 is 5.97 Å². The van der Waals surface area contributed by atoms with E-state index in [1.807, 2.05) is 30.3 Å². The Morgan fingerprint density at radius 1 is 0.815 bits per heavy atom. The number of hydrogen-bond donors (Lipinski definition) is 2. The van der Waals surface area contributed by atoms with Gasteiger partial charge in [-0.2, -0.15) is 0 Å². The van der Waals surface area contributed by atoms with Crippen LogP contribution in [0.4, 0.5) is 0 Å². The molecule has 2 rings (SSSR count). The second kappa shape index (κ2) is 11.0. The third-order valence-electron chi connectivity index (χ3n) is 3.67. The smallest absolute Gasteiger partial charge is 0.306 e. The number of hydrazine groups is 1. The van der Waals surface area contributed by atoms with Crippen molar-refractivity contribution in [2.45, 2.75) is 25.7 Å². The molecule has 0 aliphatic carbocycles. The van der Waals surface area contributed by atoms with Crippen molar-refractivity contribution in [1.82, 2.24) is 10.9 Å². The summed E-state index contributed by atoms with van der Waals surface area (Å²) in [5.41, 5.74) is 6.44. The molecule has 0 aromatic heterocycles. The van der Waals surface area contributed by atoms with Gasteiger partial charge in [-0.05, 0) is 23.3 Å². The second-order valence-electron chi connectivity index (χ2n) is 5.86. The molecule has 27 heavy (non-hydrogen) atoms. The fourth-order valence-corrected chi connectivity index (χ4v) is 2.37. The molecule has 0 saturated heterocycles. The van der Waals surface area contributed by atoms with E-state index in [0.717, 1.165) is 11.1 Å². The zero-order valence-corrected chi connectivity index (χ0v) is 15.5. The lowest BCUT2D eigenvalue weighted by molar-refractivity contribution is -0.145. The molecule has 2 amide bonds. The van der Waals surface area contributed by atoms with E-state index >= 15 is 0 Å². The fraction of sp³-hybridized carbons (Fsp3) is 0.250. The fourth-order valence-electron chi connectivity index (χ4n) is 2.25. The quantitative estimate of drug-likeness (QED) is 0.537. The van der Waals surface area contributed by atoms with Gasteiger partial charge in [0.2, 0.25) is 11.8 Å². The summed E-state index contributed by atoms with van der Waals surface area (Å²) in [6.45, 7) is 0.266. The monoisotopic (exact) mass is 388 g/mol. The molecule has 0 atom stereocenters. The Bertz CT molecular complexity index is 763. The third kappa shape index (κ3) is 8.37. The van der Waals surface area contributed by atoms with Crippen LogP contribution < -0.4 is 10.9 Å². The van der Waals surface area contributed by atoms with Crippen molar-refractivity contribution in [3.8, 4) is 0 Å². The maximum atomic E-state index is 11.8. The van der Waals surface area contributed by atoms with Crippen LogP contribution in [0.15, 0.2) is 54.6 Å². The van der Waals surface area contributed by atoms with Crippen molar-refractivity contribution >= 4 is 29.4 Å². The molecule has 0 heterocycles. The van der Waals surface area contributed by atoms with Crippen LogP contribution in [0.5, 0.6) is 0 Å². The molecule has 7 heteroatoms. The molecule has 6 nitrogen and oxygen atoms in total. The van der Waals surface area contributed by atoms with Crippen LogP contribution >= 0.6 is 11.6 Å². The van der Waals surface area contributed by atoms with Crippen LogP contribution in [0.25, 0.3) is 0 Å². The van der Waals surface area contributed by atoms with Crippen molar-refractivity contribution in [3.05, 3.63) is 70.7 Å². The van der Waals surface area contributed by atoms with E-state index in [4.69, 9.17) is 16.3 Å². The van der Waals surface area contributed by atoms with Gasteiger partial charge < -0.3 is 4.74 Å². The van der Waals surface area contributed by atoms with Gasteiger partial charge in [-0.3, -0.25) is 25.2 Å². The normalized spacial score (nSPS) is 10.1. The van der Waals surface area contributed by atoms with Crippen LogP contribution in [0.2, 0.25) is 5.02 Å². The Hall–Kier alpha value is -2.86. The SMILES string of the molecule is O=C(CCC(=O)OCCc1ccccc1)NNC(=O)Cc1ccc(Cl)cc1. The van der Waals surface area contributed by atoms with Gasteiger partial charge in [-0.15, -0.1) is 0 Å². The first kappa shape index (κ1) is 20.5. The standard InChI is InChI=1S/C20H21ClN2O4/c21-17-8-6-16(7-9-17)14-19(25)23-22-18(24)10-11-20(26)27-13-12-15-4-2-1-3-5-15/h1-9H,10-14H2,(H,22,24)(H,23,25). The van der Waals surface area contributed by atoms with Crippen molar-refractivity contribution in [3.63, 3.8) is 0 Å². The van der Waals surface area contributed by atoms with Gasteiger partial charge in [0.05, 0.1) is 19.4 Å². The molecule has 0 unspecified atom stereocenters.